The smallest absolute Gasteiger partial charge is 0.306 e. The van der Waals surface area contributed by atoms with Crippen molar-refractivity contribution in [3.05, 3.63) is 60.8 Å². The largest absolute Gasteiger partial charge is 0.462 e. The summed E-state index contributed by atoms with van der Waals surface area (Å²) in [7, 11) is 0. The molecule has 0 amide bonds. The van der Waals surface area contributed by atoms with Crippen LogP contribution < -0.4 is 0 Å². The van der Waals surface area contributed by atoms with Gasteiger partial charge in [-0.2, -0.15) is 0 Å². The first-order valence-corrected chi connectivity index (χ1v) is 29.8. The van der Waals surface area contributed by atoms with Gasteiger partial charge < -0.3 is 14.2 Å². The Hall–Kier alpha value is -2.89. The molecule has 0 aliphatic rings. The van der Waals surface area contributed by atoms with Crippen molar-refractivity contribution >= 4 is 17.9 Å². The van der Waals surface area contributed by atoms with E-state index in [0.29, 0.717) is 19.3 Å². The van der Waals surface area contributed by atoms with E-state index in [9.17, 15) is 14.4 Å². The van der Waals surface area contributed by atoms with Crippen molar-refractivity contribution in [3.8, 4) is 0 Å². The van der Waals surface area contributed by atoms with E-state index in [1.807, 2.05) is 0 Å². The molecule has 0 bridgehead atoms. The van der Waals surface area contributed by atoms with Crippen molar-refractivity contribution in [1.82, 2.24) is 0 Å². The molecule has 0 saturated carbocycles. The van der Waals surface area contributed by atoms with Gasteiger partial charge in [-0.25, -0.2) is 0 Å². The second kappa shape index (κ2) is 57.7. The monoisotopic (exact) mass is 965 g/mol. The Balaban J connectivity index is 4.40. The van der Waals surface area contributed by atoms with Gasteiger partial charge in [-0.3, -0.25) is 14.4 Å². The Labute approximate surface area is 428 Å². The minimum Gasteiger partial charge on any atom is -0.462 e. The first-order valence-electron chi connectivity index (χ1n) is 29.8. The van der Waals surface area contributed by atoms with E-state index >= 15 is 0 Å². The average Bonchev–Trinajstić information content (AvgIpc) is 3.35. The molecule has 0 N–H and O–H groups in total. The number of hydrogen-bond donors (Lipinski definition) is 0. The number of unbranched alkanes of at least 4 members (excludes halogenated alkanes) is 33. The zero-order chi connectivity index (χ0) is 50.0. The van der Waals surface area contributed by atoms with Crippen LogP contribution in [0.5, 0.6) is 0 Å². The summed E-state index contributed by atoms with van der Waals surface area (Å²) >= 11 is 0. The van der Waals surface area contributed by atoms with E-state index in [-0.39, 0.29) is 31.1 Å². The third kappa shape index (κ3) is 55.9. The van der Waals surface area contributed by atoms with Crippen LogP contribution in [-0.2, 0) is 28.6 Å². The summed E-state index contributed by atoms with van der Waals surface area (Å²) in [6.07, 6.45) is 72.0. The summed E-state index contributed by atoms with van der Waals surface area (Å²) < 4.78 is 16.9. The lowest BCUT2D eigenvalue weighted by Gasteiger charge is -2.18. The van der Waals surface area contributed by atoms with Gasteiger partial charge in [0.25, 0.3) is 0 Å². The minimum absolute atomic E-state index is 0.0835. The molecule has 400 valence electrons. The molecule has 0 fully saturated rings. The molecule has 6 nitrogen and oxygen atoms in total. The Kier molecular flexibility index (Phi) is 55.3. The van der Waals surface area contributed by atoms with E-state index < -0.39 is 6.10 Å². The molecular weight excluding hydrogens is 853 g/mol. The molecule has 0 aromatic heterocycles. The lowest BCUT2D eigenvalue weighted by atomic mass is 10.1. The highest BCUT2D eigenvalue weighted by molar-refractivity contribution is 5.71. The maximum atomic E-state index is 12.9. The normalized spacial score (nSPS) is 12.4. The predicted octanol–water partition coefficient (Wildman–Crippen LogP) is 20.0. The lowest BCUT2D eigenvalue weighted by Crippen LogP contribution is -2.30. The molecule has 1 unspecified atom stereocenters. The number of hydrogen-bond acceptors (Lipinski definition) is 6. The van der Waals surface area contributed by atoms with Gasteiger partial charge in [0, 0.05) is 19.3 Å². The summed E-state index contributed by atoms with van der Waals surface area (Å²) in [6.45, 7) is 6.61. The van der Waals surface area contributed by atoms with E-state index in [4.69, 9.17) is 14.2 Å². The number of rotatable bonds is 54. The van der Waals surface area contributed by atoms with Gasteiger partial charge >= 0.3 is 17.9 Å². The number of carbonyl (C=O) groups is 3. The van der Waals surface area contributed by atoms with E-state index in [1.165, 1.54) is 180 Å². The number of allylic oxidation sites excluding steroid dienone is 10. The number of ether oxygens (including phenoxy) is 3. The van der Waals surface area contributed by atoms with Crippen LogP contribution in [-0.4, -0.2) is 37.2 Å². The first-order chi connectivity index (χ1) is 34.0. The number of esters is 3. The van der Waals surface area contributed by atoms with Crippen molar-refractivity contribution in [2.45, 2.75) is 309 Å². The van der Waals surface area contributed by atoms with Gasteiger partial charge in [0.15, 0.2) is 6.10 Å². The fourth-order valence-corrected chi connectivity index (χ4v) is 8.44. The highest BCUT2D eigenvalue weighted by atomic mass is 16.6. The van der Waals surface area contributed by atoms with Crippen LogP contribution in [0.2, 0.25) is 0 Å². The molecule has 0 saturated heterocycles. The summed E-state index contributed by atoms with van der Waals surface area (Å²) in [5, 5.41) is 0. The Morgan fingerprint density at radius 1 is 0.290 bits per heavy atom. The van der Waals surface area contributed by atoms with Crippen molar-refractivity contribution in [3.63, 3.8) is 0 Å². The zero-order valence-electron chi connectivity index (χ0n) is 45.8. The third-order valence-electron chi connectivity index (χ3n) is 13.0. The minimum atomic E-state index is -0.785. The Bertz CT molecular complexity index is 1250. The molecule has 0 radical (unpaired) electrons. The molecule has 0 aliphatic heterocycles. The van der Waals surface area contributed by atoms with Crippen LogP contribution in [0.4, 0.5) is 0 Å². The standard InChI is InChI=1S/C63H112O6/c1-4-7-10-13-16-19-22-25-28-30-32-34-35-38-41-44-47-50-53-56-62(65)68-59-60(58-67-61(64)55-52-49-46-43-40-37-27-24-21-18-15-12-9-6-3)69-63(66)57-54-51-48-45-42-39-36-33-31-29-26-23-20-17-14-11-8-5-2/h16,19,24-25,27-29,31-32,34,60H,4-15,17-18,20-23,26,30,33,35-59H2,1-3H3/b19-16-,27-24-,28-25-,31-29-,34-32-. The van der Waals surface area contributed by atoms with Gasteiger partial charge in [-0.05, 0) is 109 Å². The van der Waals surface area contributed by atoms with E-state index in [0.717, 1.165) is 83.5 Å². The van der Waals surface area contributed by atoms with Gasteiger partial charge in [0.2, 0.25) is 0 Å². The van der Waals surface area contributed by atoms with Gasteiger partial charge in [0.05, 0.1) is 0 Å². The highest BCUT2D eigenvalue weighted by Crippen LogP contribution is 2.15. The lowest BCUT2D eigenvalue weighted by molar-refractivity contribution is -0.167. The summed E-state index contributed by atoms with van der Waals surface area (Å²) in [4.78, 5) is 38.2. The van der Waals surface area contributed by atoms with Crippen LogP contribution in [0.1, 0.15) is 303 Å². The van der Waals surface area contributed by atoms with Crippen LogP contribution in [0, 0.1) is 0 Å². The van der Waals surface area contributed by atoms with E-state index in [2.05, 4.69) is 81.5 Å². The average molecular weight is 966 g/mol. The highest BCUT2D eigenvalue weighted by Gasteiger charge is 2.19. The molecule has 0 aromatic rings. The van der Waals surface area contributed by atoms with Gasteiger partial charge in [0.1, 0.15) is 13.2 Å². The van der Waals surface area contributed by atoms with Crippen LogP contribution in [0.15, 0.2) is 60.8 Å². The van der Waals surface area contributed by atoms with E-state index in [1.54, 1.807) is 0 Å². The third-order valence-corrected chi connectivity index (χ3v) is 13.0. The van der Waals surface area contributed by atoms with Crippen molar-refractivity contribution < 1.29 is 28.6 Å². The predicted molar refractivity (Wildman–Crippen MR) is 298 cm³/mol. The second-order valence-electron chi connectivity index (χ2n) is 19.9. The molecule has 0 spiro atoms. The molecule has 0 aromatic carbocycles. The summed E-state index contributed by atoms with van der Waals surface area (Å²) in [6, 6.07) is 0. The molecule has 0 rings (SSSR count). The number of carbonyl (C=O) groups excluding carboxylic acids is 3. The second-order valence-corrected chi connectivity index (χ2v) is 19.9. The molecule has 0 heterocycles. The van der Waals surface area contributed by atoms with Crippen molar-refractivity contribution in [1.29, 1.82) is 0 Å². The maximum absolute atomic E-state index is 12.9. The SMILES string of the molecule is CCCCC/C=C\C/C=C\C/C=C\CCCCCCCCC(=O)OCC(COC(=O)CCCCCCC/C=C\CCCCCCC)OC(=O)CCCCCCCCC/C=C\CCCCCCCCC. The quantitative estimate of drug-likeness (QED) is 0.0262. The van der Waals surface area contributed by atoms with Gasteiger partial charge in [-0.1, -0.05) is 236 Å². The fourth-order valence-electron chi connectivity index (χ4n) is 8.44. The molecule has 1 atom stereocenters. The van der Waals surface area contributed by atoms with Gasteiger partial charge in [-0.15, -0.1) is 0 Å². The Morgan fingerprint density at radius 3 is 0.855 bits per heavy atom. The molecule has 69 heavy (non-hydrogen) atoms. The topological polar surface area (TPSA) is 78.9 Å². The first kappa shape index (κ1) is 66.1. The van der Waals surface area contributed by atoms with Crippen molar-refractivity contribution in [2.24, 2.45) is 0 Å². The van der Waals surface area contributed by atoms with Crippen LogP contribution in [0.25, 0.3) is 0 Å². The van der Waals surface area contributed by atoms with Crippen molar-refractivity contribution in [2.75, 3.05) is 13.2 Å². The fraction of sp³-hybridized carbons (Fsp3) is 0.794. The molecular formula is C63H112O6. The maximum Gasteiger partial charge on any atom is 0.306 e. The zero-order valence-corrected chi connectivity index (χ0v) is 45.8. The molecule has 0 aliphatic carbocycles. The van der Waals surface area contributed by atoms with Crippen LogP contribution in [0.3, 0.4) is 0 Å². The Morgan fingerprint density at radius 2 is 0.522 bits per heavy atom. The van der Waals surface area contributed by atoms with Crippen LogP contribution >= 0.6 is 0 Å². The molecule has 6 heteroatoms. The summed E-state index contributed by atoms with van der Waals surface area (Å²) in [5.41, 5.74) is 0. The summed E-state index contributed by atoms with van der Waals surface area (Å²) in [5.74, 6) is -0.896.